The lowest BCUT2D eigenvalue weighted by molar-refractivity contribution is -0.378. The molecule has 8 fully saturated rings. The van der Waals surface area contributed by atoms with Crippen molar-refractivity contribution in [2.45, 2.75) is 247 Å². The summed E-state index contributed by atoms with van der Waals surface area (Å²) in [6.07, 6.45) is -21.4. The molecule has 8 aliphatic rings. The van der Waals surface area contributed by atoms with Crippen molar-refractivity contribution in [3.05, 3.63) is 11.6 Å². The van der Waals surface area contributed by atoms with Crippen LogP contribution < -0.4 is 0 Å². The minimum absolute atomic E-state index is 0.0718. The van der Waals surface area contributed by atoms with Crippen LogP contribution in [0.25, 0.3) is 0 Å². The number of aliphatic hydroxyl groups excluding tert-OH is 14. The van der Waals surface area contributed by atoms with E-state index in [4.69, 9.17) is 37.9 Å². The van der Waals surface area contributed by atoms with Crippen LogP contribution in [0.15, 0.2) is 11.6 Å². The van der Waals surface area contributed by atoms with E-state index in [0.717, 1.165) is 25.7 Å². The van der Waals surface area contributed by atoms with Crippen LogP contribution in [0.1, 0.15) is 113 Å². The zero-order chi connectivity index (χ0) is 54.9. The van der Waals surface area contributed by atoms with Crippen molar-refractivity contribution < 1.29 is 109 Å². The normalized spacial score (nSPS) is 52.1. The summed E-state index contributed by atoms with van der Waals surface area (Å²) in [5.41, 5.74) is -0.983. The molecule has 0 aromatic carbocycles. The van der Waals surface area contributed by atoms with Crippen LogP contribution >= 0.6 is 0 Å². The van der Waals surface area contributed by atoms with Crippen molar-refractivity contribution in [1.82, 2.24) is 0 Å². The van der Waals surface area contributed by atoms with Crippen molar-refractivity contribution in [2.24, 2.45) is 45.8 Å². The number of ether oxygens (including phenoxy) is 8. The van der Waals surface area contributed by atoms with Gasteiger partial charge in [-0.1, -0.05) is 46.3 Å². The highest BCUT2D eigenvalue weighted by Gasteiger charge is 2.68. The number of hydrogen-bond donors (Lipinski definition) is 14. The number of rotatable bonds is 16. The molecule has 4 heterocycles. The summed E-state index contributed by atoms with van der Waals surface area (Å²) in [5, 5.41) is 151. The summed E-state index contributed by atoms with van der Waals surface area (Å²) in [7, 11) is 0. The first kappa shape index (κ1) is 60.0. The third-order valence-corrected chi connectivity index (χ3v) is 20.2. The Morgan fingerprint density at radius 2 is 1.20 bits per heavy atom. The largest absolute Gasteiger partial charge is 0.394 e. The molecule has 8 rings (SSSR count). The average molecular weight is 1080 g/mol. The maximum Gasteiger partial charge on any atom is 0.187 e. The molecule has 22 nitrogen and oxygen atoms in total. The van der Waals surface area contributed by atoms with Gasteiger partial charge in [0.25, 0.3) is 0 Å². The standard InChI is InChI=1S/C53H90O22/c1-8-23(2)10-9-15-53(7,75-48-44(67)40(63)38(61)31(72-48)22-69-46-42(65)35(58)28(57)21-68-46)25-13-16-52(6)24-11-12-32-50(3,4)33(14-17-51(32,5)26(24)18-27(56)34(25)52)73-49-45(41(64)37(60)30(20-55)71-49)74-47-43(66)39(62)36(59)29(19-54)70-47/h10,24-49,54-67H,8-9,11-22H2,1-7H3/t24?,25?,26?,27-,28+,29+,30+,31+,32?,33?,34?,35-,36+,37+,38+,39-,40+,41-,42+,43+,44+,45+,46-,47-,48-,49-,51+,52+,53+/m0/s1. The van der Waals surface area contributed by atoms with Crippen LogP contribution in [0.5, 0.6) is 0 Å². The number of hydrogen-bond acceptors (Lipinski definition) is 22. The van der Waals surface area contributed by atoms with Gasteiger partial charge in [0.15, 0.2) is 25.2 Å². The van der Waals surface area contributed by atoms with Gasteiger partial charge in [0.1, 0.15) is 91.6 Å². The Kier molecular flexibility index (Phi) is 18.7. The summed E-state index contributed by atoms with van der Waals surface area (Å²) in [4.78, 5) is 0. The topological polar surface area (TPSA) is 357 Å². The van der Waals surface area contributed by atoms with Crippen molar-refractivity contribution in [1.29, 1.82) is 0 Å². The molecule has 0 aromatic heterocycles. The fraction of sp³-hybridized carbons (Fsp3) is 0.962. The Bertz CT molecular complexity index is 1910. The van der Waals surface area contributed by atoms with E-state index in [-0.39, 0.29) is 47.0 Å². The van der Waals surface area contributed by atoms with E-state index < -0.39 is 160 Å². The van der Waals surface area contributed by atoms with Crippen molar-refractivity contribution >= 4 is 0 Å². The van der Waals surface area contributed by atoms with Crippen molar-refractivity contribution in [3.63, 3.8) is 0 Å². The van der Waals surface area contributed by atoms with Gasteiger partial charge in [-0.05, 0) is 124 Å². The average Bonchev–Trinajstić information content (AvgIpc) is 3.78. The Morgan fingerprint density at radius 3 is 1.85 bits per heavy atom. The van der Waals surface area contributed by atoms with Gasteiger partial charge < -0.3 is 109 Å². The maximum absolute atomic E-state index is 12.7. The fourth-order valence-corrected chi connectivity index (χ4v) is 15.6. The highest BCUT2D eigenvalue weighted by Crippen LogP contribution is 2.71. The maximum atomic E-state index is 12.7. The molecule has 4 aliphatic carbocycles. The van der Waals surface area contributed by atoms with E-state index >= 15 is 0 Å². The second-order valence-corrected chi connectivity index (χ2v) is 24.8. The van der Waals surface area contributed by atoms with Crippen LogP contribution in [0, 0.1) is 45.8 Å². The Hall–Kier alpha value is -1.14. The molecule has 29 atom stereocenters. The molecule has 0 radical (unpaired) electrons. The predicted molar refractivity (Wildman–Crippen MR) is 260 cm³/mol. The molecule has 4 saturated heterocycles. The Labute approximate surface area is 439 Å². The van der Waals surface area contributed by atoms with Crippen LogP contribution in [-0.4, -0.2) is 232 Å². The van der Waals surface area contributed by atoms with E-state index in [1.807, 2.05) is 6.92 Å². The van der Waals surface area contributed by atoms with Gasteiger partial charge in [-0.2, -0.15) is 0 Å². The van der Waals surface area contributed by atoms with E-state index in [1.54, 1.807) is 0 Å². The van der Waals surface area contributed by atoms with Gasteiger partial charge in [-0.3, -0.25) is 0 Å². The zero-order valence-corrected chi connectivity index (χ0v) is 44.5. The van der Waals surface area contributed by atoms with E-state index in [2.05, 4.69) is 47.6 Å². The van der Waals surface area contributed by atoms with Crippen LogP contribution in [0.3, 0.4) is 0 Å². The molecule has 434 valence electrons. The molecule has 0 aromatic rings. The van der Waals surface area contributed by atoms with Crippen LogP contribution in [0.2, 0.25) is 0 Å². The zero-order valence-electron chi connectivity index (χ0n) is 44.5. The molecular formula is C53H90O22. The molecule has 4 aliphatic heterocycles. The van der Waals surface area contributed by atoms with Crippen LogP contribution in [-0.2, 0) is 37.9 Å². The monoisotopic (exact) mass is 1080 g/mol. The number of allylic oxidation sites excluding steroid dienone is 2. The lowest BCUT2D eigenvalue weighted by atomic mass is 9.39. The third kappa shape index (κ3) is 11.1. The predicted octanol–water partition coefficient (Wildman–Crippen LogP) is -1.56. The SMILES string of the molecule is CCC(C)=CCC[C@@](C)(O[C@@H]1O[C@H](CO[C@@H]2OC[C@@H](O)[C@H](O)[C@H]2O)[C@@H](O)[C@@H](O)[C@H]1O)C1CC[C@]2(C)C3CCC4C(C)(C)C(O[C@@H]5O[C@H](CO)[C@@H](O)[C@H](O)[C@H]5O[C@@H]5O[C@H](CO)[C@@H](O)[C@H](O)[C@H]5O)CC[C@]4(C)C3C[C@H](O)C12. The van der Waals surface area contributed by atoms with Gasteiger partial charge in [-0.25, -0.2) is 0 Å². The minimum atomic E-state index is -1.81. The Balaban J connectivity index is 0.998. The summed E-state index contributed by atoms with van der Waals surface area (Å²) in [6, 6.07) is 0. The van der Waals surface area contributed by atoms with Gasteiger partial charge >= 0.3 is 0 Å². The van der Waals surface area contributed by atoms with E-state index in [9.17, 15) is 71.5 Å². The van der Waals surface area contributed by atoms with Crippen molar-refractivity contribution in [2.75, 3.05) is 26.4 Å². The lowest BCUT2D eigenvalue weighted by Crippen LogP contribution is -2.66. The van der Waals surface area contributed by atoms with Gasteiger partial charge in [0, 0.05) is 0 Å². The number of fused-ring (bicyclic) bond motifs is 5. The summed E-state index contributed by atoms with van der Waals surface area (Å²) in [6.45, 7) is 12.9. The molecule has 6 unspecified atom stereocenters. The first-order chi connectivity index (χ1) is 35.3. The molecule has 0 spiro atoms. The summed E-state index contributed by atoms with van der Waals surface area (Å²) >= 11 is 0. The quantitative estimate of drug-likeness (QED) is 0.0614. The fourth-order valence-electron chi connectivity index (χ4n) is 15.6. The van der Waals surface area contributed by atoms with Gasteiger partial charge in [-0.15, -0.1) is 0 Å². The second kappa shape index (κ2) is 23.4. The highest BCUT2D eigenvalue weighted by molar-refractivity contribution is 5.17. The Morgan fingerprint density at radius 1 is 0.613 bits per heavy atom. The second-order valence-electron chi connectivity index (χ2n) is 24.8. The van der Waals surface area contributed by atoms with E-state index in [0.29, 0.717) is 38.5 Å². The molecule has 4 saturated carbocycles. The highest BCUT2D eigenvalue weighted by atomic mass is 16.8. The molecule has 14 N–H and O–H groups in total. The summed E-state index contributed by atoms with van der Waals surface area (Å²) in [5.74, 6) is -0.0559. The first-order valence-corrected chi connectivity index (χ1v) is 27.5. The number of aliphatic hydroxyl groups is 14. The first-order valence-electron chi connectivity index (χ1n) is 27.5. The van der Waals surface area contributed by atoms with E-state index in [1.165, 1.54) is 5.57 Å². The van der Waals surface area contributed by atoms with Crippen molar-refractivity contribution in [3.8, 4) is 0 Å². The smallest absolute Gasteiger partial charge is 0.187 e. The molecule has 75 heavy (non-hydrogen) atoms. The molecule has 0 amide bonds. The third-order valence-electron chi connectivity index (χ3n) is 20.2. The van der Waals surface area contributed by atoms with Crippen LogP contribution in [0.4, 0.5) is 0 Å². The summed E-state index contributed by atoms with van der Waals surface area (Å²) < 4.78 is 48.7. The molecular weight excluding hydrogens is 989 g/mol. The minimum Gasteiger partial charge on any atom is -0.394 e. The molecule has 0 bridgehead atoms. The van der Waals surface area contributed by atoms with Gasteiger partial charge in [0.2, 0.25) is 0 Å². The lowest BCUT2D eigenvalue weighted by Gasteiger charge is -2.66. The van der Waals surface area contributed by atoms with Gasteiger partial charge in [0.05, 0.1) is 44.2 Å². The molecule has 22 heteroatoms.